The van der Waals surface area contributed by atoms with Gasteiger partial charge in [-0.05, 0) is 36.8 Å². The van der Waals surface area contributed by atoms with Gasteiger partial charge in [0.25, 0.3) is 5.91 Å². The number of carbonyl (C=O) groups excluding carboxylic acids is 1. The molecule has 1 aromatic heterocycles. The number of rotatable bonds is 2. The number of halogens is 1. The maximum atomic E-state index is 12.1. The maximum absolute atomic E-state index is 12.1. The molecule has 0 aliphatic heterocycles. The van der Waals surface area contributed by atoms with Gasteiger partial charge < -0.3 is 11.5 Å². The first kappa shape index (κ1) is 17.4. The summed E-state index contributed by atoms with van der Waals surface area (Å²) in [6.45, 7) is 1.90. The van der Waals surface area contributed by atoms with Gasteiger partial charge in [-0.2, -0.15) is 10.3 Å². The number of aliphatic imine (C=N–C) groups is 1. The van der Waals surface area contributed by atoms with Crippen molar-refractivity contribution >= 4 is 34.2 Å². The molecule has 0 aliphatic rings. The molecular weight excluding hydrogens is 350 g/mol. The van der Waals surface area contributed by atoms with Crippen molar-refractivity contribution in [3.63, 3.8) is 0 Å². The number of nitrogens with zero attached hydrogens (tertiary/aromatic N) is 3. The second-order valence-corrected chi connectivity index (χ2v) is 6.11. The van der Waals surface area contributed by atoms with E-state index in [1.807, 2.05) is 13.0 Å². The first-order chi connectivity index (χ1) is 12.4. The third-order valence-electron chi connectivity index (χ3n) is 3.93. The fourth-order valence-corrected chi connectivity index (χ4v) is 2.95. The fraction of sp³-hybridized carbons (Fsp3) is 0.0526. The predicted octanol–water partition coefficient (Wildman–Crippen LogP) is 3.15. The van der Waals surface area contributed by atoms with Gasteiger partial charge in [0.1, 0.15) is 0 Å². The molecule has 0 spiro atoms. The maximum Gasteiger partial charge on any atom is 0.280 e. The Labute approximate surface area is 154 Å². The van der Waals surface area contributed by atoms with Crippen LogP contribution in [-0.4, -0.2) is 16.9 Å². The van der Waals surface area contributed by atoms with Crippen LogP contribution in [0.4, 0.5) is 0 Å². The van der Waals surface area contributed by atoms with E-state index in [1.165, 1.54) is 0 Å². The molecule has 0 aliphatic carbocycles. The quantitative estimate of drug-likeness (QED) is 0.535. The molecule has 0 atom stereocenters. The minimum Gasteiger partial charge on any atom is -0.370 e. The Kier molecular flexibility index (Phi) is 4.57. The number of amides is 1. The van der Waals surface area contributed by atoms with Crippen molar-refractivity contribution in [3.8, 4) is 17.3 Å². The van der Waals surface area contributed by atoms with Gasteiger partial charge in [0.15, 0.2) is 5.96 Å². The van der Waals surface area contributed by atoms with Crippen molar-refractivity contribution in [3.05, 3.63) is 64.3 Å². The van der Waals surface area contributed by atoms with Crippen LogP contribution in [0.3, 0.4) is 0 Å². The lowest BCUT2D eigenvalue weighted by Crippen LogP contribution is -2.24. The molecule has 26 heavy (non-hydrogen) atoms. The van der Waals surface area contributed by atoms with E-state index in [1.54, 1.807) is 36.5 Å². The Morgan fingerprint density at radius 1 is 1.19 bits per heavy atom. The van der Waals surface area contributed by atoms with E-state index in [0.717, 1.165) is 16.5 Å². The van der Waals surface area contributed by atoms with Gasteiger partial charge in [0, 0.05) is 28.1 Å². The molecule has 0 saturated heterocycles. The van der Waals surface area contributed by atoms with E-state index in [2.05, 4.69) is 16.0 Å². The number of aryl methyl sites for hydroxylation is 1. The molecule has 6 nitrogen and oxygen atoms in total. The van der Waals surface area contributed by atoms with E-state index in [9.17, 15) is 4.79 Å². The molecule has 1 amide bonds. The van der Waals surface area contributed by atoms with Crippen molar-refractivity contribution < 1.29 is 4.79 Å². The molecule has 0 fully saturated rings. The molecule has 4 N–H and O–H groups in total. The van der Waals surface area contributed by atoms with Crippen LogP contribution in [0.15, 0.2) is 47.6 Å². The van der Waals surface area contributed by atoms with E-state index >= 15 is 0 Å². The molecule has 0 saturated carbocycles. The monoisotopic (exact) mass is 363 g/mol. The van der Waals surface area contributed by atoms with Crippen molar-refractivity contribution in [1.29, 1.82) is 5.26 Å². The Balaban J connectivity index is 2.26. The van der Waals surface area contributed by atoms with Gasteiger partial charge >= 0.3 is 0 Å². The van der Waals surface area contributed by atoms with Gasteiger partial charge in [0.05, 0.1) is 22.3 Å². The number of fused-ring (bicyclic) bond motifs is 1. The van der Waals surface area contributed by atoms with Gasteiger partial charge in [-0.3, -0.25) is 9.78 Å². The molecule has 3 rings (SSSR count). The van der Waals surface area contributed by atoms with E-state index < -0.39 is 5.91 Å². The summed E-state index contributed by atoms with van der Waals surface area (Å²) in [5, 5.41) is 11.0. The third-order valence-corrected chi connectivity index (χ3v) is 4.23. The lowest BCUT2D eigenvalue weighted by atomic mass is 9.97. The fourth-order valence-electron chi connectivity index (χ4n) is 2.74. The van der Waals surface area contributed by atoms with Crippen LogP contribution < -0.4 is 11.5 Å². The first-order valence-electron chi connectivity index (χ1n) is 7.64. The van der Waals surface area contributed by atoms with Crippen LogP contribution in [0.25, 0.3) is 22.0 Å². The summed E-state index contributed by atoms with van der Waals surface area (Å²) in [5.74, 6) is -0.850. The number of hydrogen-bond acceptors (Lipinski definition) is 3. The Hall–Kier alpha value is -3.43. The summed E-state index contributed by atoms with van der Waals surface area (Å²) < 4.78 is 0. The highest BCUT2D eigenvalue weighted by atomic mass is 35.5. The Morgan fingerprint density at radius 2 is 1.96 bits per heavy atom. The number of pyridine rings is 1. The van der Waals surface area contributed by atoms with Crippen molar-refractivity contribution in [1.82, 2.24) is 4.98 Å². The molecule has 0 unspecified atom stereocenters. The number of nitrogens with two attached hydrogens (primary N) is 2. The summed E-state index contributed by atoms with van der Waals surface area (Å²) in [4.78, 5) is 20.2. The number of guanidine groups is 1. The topological polar surface area (TPSA) is 118 Å². The lowest BCUT2D eigenvalue weighted by molar-refractivity contribution is 0.100. The minimum absolute atomic E-state index is 0.303. The zero-order valence-corrected chi connectivity index (χ0v) is 14.6. The first-order valence-corrected chi connectivity index (χ1v) is 8.02. The van der Waals surface area contributed by atoms with Gasteiger partial charge in [-0.1, -0.05) is 23.7 Å². The van der Waals surface area contributed by atoms with Gasteiger partial charge in [-0.25, -0.2) is 0 Å². The standard InChI is InChI=1S/C19H14ClN5O/c1-10-6-11(8-21)2-4-13(10)17-15-7-12(18(26)25-19(22)23)3-5-14(15)16(20)9-24-17/h2-7,9H,1H3,(H4,22,23,25,26). The highest BCUT2D eigenvalue weighted by Crippen LogP contribution is 2.33. The summed E-state index contributed by atoms with van der Waals surface area (Å²) in [5.41, 5.74) is 13.8. The summed E-state index contributed by atoms with van der Waals surface area (Å²) in [7, 11) is 0. The van der Waals surface area contributed by atoms with Crippen LogP contribution in [0.1, 0.15) is 21.5 Å². The van der Waals surface area contributed by atoms with Crippen LogP contribution in [0.2, 0.25) is 5.02 Å². The number of carbonyl (C=O) groups is 1. The molecular formula is C19H14ClN5O. The van der Waals surface area contributed by atoms with Crippen molar-refractivity contribution in [2.75, 3.05) is 0 Å². The smallest absolute Gasteiger partial charge is 0.280 e. The van der Waals surface area contributed by atoms with Crippen molar-refractivity contribution in [2.24, 2.45) is 16.5 Å². The number of hydrogen-bond donors (Lipinski definition) is 2. The summed E-state index contributed by atoms with van der Waals surface area (Å²) >= 11 is 6.26. The largest absolute Gasteiger partial charge is 0.370 e. The number of nitriles is 1. The van der Waals surface area contributed by atoms with Gasteiger partial charge in [-0.15, -0.1) is 0 Å². The van der Waals surface area contributed by atoms with E-state index in [4.69, 9.17) is 28.3 Å². The van der Waals surface area contributed by atoms with E-state index in [0.29, 0.717) is 27.2 Å². The molecule has 7 heteroatoms. The molecule has 1 heterocycles. The lowest BCUT2D eigenvalue weighted by Gasteiger charge is -2.11. The highest BCUT2D eigenvalue weighted by molar-refractivity contribution is 6.35. The van der Waals surface area contributed by atoms with E-state index in [-0.39, 0.29) is 5.96 Å². The Bertz CT molecular complexity index is 1110. The molecule has 0 bridgehead atoms. The summed E-state index contributed by atoms with van der Waals surface area (Å²) in [6.07, 6.45) is 1.56. The van der Waals surface area contributed by atoms with Crippen LogP contribution in [0, 0.1) is 18.3 Å². The minimum atomic E-state index is -0.547. The SMILES string of the molecule is Cc1cc(C#N)ccc1-c1ncc(Cl)c2ccc(C(=O)N=C(N)N)cc12. The molecule has 3 aromatic rings. The second-order valence-electron chi connectivity index (χ2n) is 5.70. The van der Waals surface area contributed by atoms with Crippen LogP contribution in [-0.2, 0) is 0 Å². The molecule has 2 aromatic carbocycles. The second kappa shape index (κ2) is 6.82. The Morgan fingerprint density at radius 3 is 2.62 bits per heavy atom. The average Bonchev–Trinajstić information content (AvgIpc) is 2.61. The van der Waals surface area contributed by atoms with Crippen LogP contribution >= 0.6 is 11.6 Å². The third kappa shape index (κ3) is 3.21. The zero-order chi connectivity index (χ0) is 18.8. The summed E-state index contributed by atoms with van der Waals surface area (Å²) in [6, 6.07) is 12.4. The van der Waals surface area contributed by atoms with Crippen LogP contribution in [0.5, 0.6) is 0 Å². The normalized spacial score (nSPS) is 10.3. The average molecular weight is 364 g/mol. The zero-order valence-electron chi connectivity index (χ0n) is 13.8. The van der Waals surface area contributed by atoms with Crippen molar-refractivity contribution in [2.45, 2.75) is 6.92 Å². The highest BCUT2D eigenvalue weighted by Gasteiger charge is 2.14. The van der Waals surface area contributed by atoms with Gasteiger partial charge in [0.2, 0.25) is 0 Å². The molecule has 128 valence electrons. The molecule has 0 radical (unpaired) electrons. The number of benzene rings is 2. The predicted molar refractivity (Wildman–Crippen MR) is 102 cm³/mol. The number of aromatic nitrogens is 1.